The molecule has 10 nitrogen and oxygen atoms in total. The molecule has 43 heavy (non-hydrogen) atoms. The first-order chi connectivity index (χ1) is 21.0. The Bertz CT molecular complexity index is 1450. The molecule has 2 aromatic carbocycles. The Kier molecular flexibility index (Phi) is 10.4. The maximum absolute atomic E-state index is 13.8. The van der Waals surface area contributed by atoms with E-state index in [0.717, 1.165) is 31.6 Å². The first kappa shape index (κ1) is 30.2. The molecule has 0 radical (unpaired) electrons. The Morgan fingerprint density at radius 3 is 2.65 bits per heavy atom. The molecule has 3 aromatic rings. The molecule has 1 aromatic heterocycles. The van der Waals surface area contributed by atoms with E-state index in [0.29, 0.717) is 41.4 Å². The molecule has 0 amide bonds. The number of carbonyl (C=O) groups excluding carboxylic acids is 1. The molecule has 1 unspecified atom stereocenters. The minimum absolute atomic E-state index is 0.0410. The van der Waals surface area contributed by atoms with E-state index in [1.165, 1.54) is 25.3 Å². The number of nitrogens with zero attached hydrogens (tertiary/aromatic N) is 3. The average Bonchev–Trinajstić information content (AvgIpc) is 3.57. The minimum Gasteiger partial charge on any atom is -0.462 e. The van der Waals surface area contributed by atoms with Gasteiger partial charge in [0.25, 0.3) is 5.69 Å². The second-order valence-corrected chi connectivity index (χ2v) is 10.9. The van der Waals surface area contributed by atoms with Gasteiger partial charge in [-0.25, -0.2) is 4.79 Å². The highest BCUT2D eigenvalue weighted by Gasteiger charge is 2.34. The predicted octanol–water partition coefficient (Wildman–Crippen LogP) is 5.52. The summed E-state index contributed by atoms with van der Waals surface area (Å²) in [5, 5.41) is 15.1. The number of rotatable bonds is 13. The van der Waals surface area contributed by atoms with Gasteiger partial charge in [0.1, 0.15) is 6.04 Å². The van der Waals surface area contributed by atoms with Crippen molar-refractivity contribution in [2.75, 3.05) is 39.5 Å². The number of hydrogen-bond donors (Lipinski definition) is 1. The summed E-state index contributed by atoms with van der Waals surface area (Å²) >= 11 is 0. The summed E-state index contributed by atoms with van der Waals surface area (Å²) in [6.45, 7) is 5.45. The summed E-state index contributed by atoms with van der Waals surface area (Å²) in [4.78, 5) is 32.3. The molecule has 3 heterocycles. The van der Waals surface area contributed by atoms with Crippen LogP contribution in [0.2, 0.25) is 0 Å². The summed E-state index contributed by atoms with van der Waals surface area (Å²) < 4.78 is 17.5. The van der Waals surface area contributed by atoms with Gasteiger partial charge < -0.3 is 24.1 Å². The van der Waals surface area contributed by atoms with Crippen molar-refractivity contribution in [1.82, 2.24) is 10.2 Å². The number of carbonyl (C=O) groups is 1. The molecule has 2 aliphatic heterocycles. The van der Waals surface area contributed by atoms with Crippen LogP contribution in [-0.4, -0.2) is 61.1 Å². The lowest BCUT2D eigenvalue weighted by Gasteiger charge is -2.28. The lowest BCUT2D eigenvalue weighted by molar-refractivity contribution is -0.385. The third kappa shape index (κ3) is 7.97. The number of aryl methyl sites for hydroxylation is 2. The van der Waals surface area contributed by atoms with Crippen LogP contribution in [-0.2, 0) is 20.7 Å². The van der Waals surface area contributed by atoms with E-state index in [1.54, 1.807) is 37.5 Å². The second-order valence-electron chi connectivity index (χ2n) is 10.9. The molecule has 2 aliphatic rings. The van der Waals surface area contributed by atoms with Gasteiger partial charge in [-0.15, -0.1) is 0 Å². The first-order valence-electron chi connectivity index (χ1n) is 14.9. The van der Waals surface area contributed by atoms with Gasteiger partial charge in [0.2, 0.25) is 0 Å². The smallest absolute Gasteiger partial charge is 0.338 e. The monoisotopic (exact) mass is 586 g/mol. The van der Waals surface area contributed by atoms with Crippen molar-refractivity contribution in [3.63, 3.8) is 0 Å². The van der Waals surface area contributed by atoms with Gasteiger partial charge in [0.05, 0.1) is 42.3 Å². The van der Waals surface area contributed by atoms with Crippen molar-refractivity contribution in [3.8, 4) is 0 Å². The van der Waals surface area contributed by atoms with Crippen LogP contribution < -0.4 is 5.32 Å². The summed E-state index contributed by atoms with van der Waals surface area (Å²) in [7, 11) is 0. The maximum atomic E-state index is 13.8. The Hall–Kier alpha value is -4.28. The van der Waals surface area contributed by atoms with Gasteiger partial charge in [-0.05, 0) is 69.0 Å². The molecule has 10 heteroatoms. The van der Waals surface area contributed by atoms with Crippen LogP contribution in [0.15, 0.2) is 87.6 Å². The van der Waals surface area contributed by atoms with E-state index >= 15 is 0 Å². The van der Waals surface area contributed by atoms with E-state index in [-0.39, 0.29) is 24.5 Å². The largest absolute Gasteiger partial charge is 0.462 e. The fourth-order valence-corrected chi connectivity index (χ4v) is 5.44. The van der Waals surface area contributed by atoms with E-state index in [4.69, 9.17) is 18.9 Å². The van der Waals surface area contributed by atoms with Crippen LogP contribution in [0.1, 0.15) is 54.2 Å². The van der Waals surface area contributed by atoms with Crippen molar-refractivity contribution in [2.24, 2.45) is 4.99 Å². The highest BCUT2D eigenvalue weighted by Crippen LogP contribution is 2.35. The Morgan fingerprint density at radius 1 is 1.09 bits per heavy atom. The van der Waals surface area contributed by atoms with Gasteiger partial charge in [0.15, 0.2) is 11.6 Å². The van der Waals surface area contributed by atoms with Crippen LogP contribution in [0, 0.1) is 17.0 Å². The van der Waals surface area contributed by atoms with Crippen LogP contribution in [0.25, 0.3) is 0 Å². The number of nitro groups is 1. The van der Waals surface area contributed by atoms with E-state index in [2.05, 4.69) is 10.2 Å². The summed E-state index contributed by atoms with van der Waals surface area (Å²) in [6.07, 6.45) is 6.62. The molecule has 0 bridgehead atoms. The Balaban J connectivity index is 1.41. The first-order valence-corrected chi connectivity index (χ1v) is 14.9. The van der Waals surface area contributed by atoms with Crippen LogP contribution >= 0.6 is 0 Å². The van der Waals surface area contributed by atoms with Crippen molar-refractivity contribution < 1.29 is 23.6 Å². The van der Waals surface area contributed by atoms with Gasteiger partial charge in [0, 0.05) is 18.2 Å². The molecule has 1 saturated heterocycles. The Labute approximate surface area is 251 Å². The van der Waals surface area contributed by atoms with Gasteiger partial charge in [-0.2, -0.15) is 0 Å². The van der Waals surface area contributed by atoms with Crippen molar-refractivity contribution in [1.29, 1.82) is 0 Å². The number of furan rings is 1. The zero-order valence-electron chi connectivity index (χ0n) is 24.5. The van der Waals surface area contributed by atoms with Crippen molar-refractivity contribution in [2.45, 2.75) is 45.1 Å². The fourth-order valence-electron chi connectivity index (χ4n) is 5.44. The highest BCUT2D eigenvalue weighted by atomic mass is 16.6. The topological polar surface area (TPSA) is 119 Å². The molecule has 226 valence electrons. The number of aliphatic imine (C=N–C) groups is 1. The van der Waals surface area contributed by atoms with Crippen LogP contribution in [0.4, 0.5) is 5.69 Å². The van der Waals surface area contributed by atoms with E-state index < -0.39 is 16.9 Å². The number of nitro benzene ring substituents is 1. The molecule has 0 aliphatic carbocycles. The number of hydrogen-bond acceptors (Lipinski definition) is 9. The molecular weight excluding hydrogens is 548 g/mol. The lowest BCUT2D eigenvalue weighted by atomic mass is 9.94. The number of nitrogens with one attached hydrogen (secondary N) is 1. The summed E-state index contributed by atoms with van der Waals surface area (Å²) in [6, 6.07) is 17.6. The molecule has 0 spiro atoms. The Morgan fingerprint density at radius 2 is 1.91 bits per heavy atom. The molecule has 1 fully saturated rings. The quantitative estimate of drug-likeness (QED) is 0.120. The number of likely N-dealkylation sites (tertiary alicyclic amines) is 1. The number of piperidine rings is 1. The second kappa shape index (κ2) is 14.8. The average molecular weight is 587 g/mol. The number of ether oxygens (including phenoxy) is 2. The van der Waals surface area contributed by atoms with E-state index in [1.807, 2.05) is 30.3 Å². The van der Waals surface area contributed by atoms with Crippen LogP contribution in [0.5, 0.6) is 0 Å². The van der Waals surface area contributed by atoms with Crippen LogP contribution in [0.3, 0.4) is 0 Å². The SMILES string of the molecule is Cc1ccc(C2N=C(c3ccco3)NC(COCCN3CCCCC3)=C2C(=O)OCCCc2ccccc2)cc1[N+](=O)[O-]. The molecule has 5 rings (SSSR count). The normalized spacial score (nSPS) is 17.3. The minimum atomic E-state index is -0.858. The van der Waals surface area contributed by atoms with Gasteiger partial charge >= 0.3 is 5.97 Å². The van der Waals surface area contributed by atoms with Gasteiger partial charge in [-0.3, -0.25) is 15.1 Å². The highest BCUT2D eigenvalue weighted by molar-refractivity contribution is 6.02. The summed E-state index contributed by atoms with van der Waals surface area (Å²) in [5.74, 6) is 0.354. The number of amidine groups is 1. The van der Waals surface area contributed by atoms with Crippen molar-refractivity contribution >= 4 is 17.5 Å². The predicted molar refractivity (Wildman–Crippen MR) is 163 cm³/mol. The molecule has 0 saturated carbocycles. The standard InChI is InChI=1S/C33H38N4O6/c1-24-14-15-26(22-28(24)37(39)40)31-30(33(38)43-20-8-12-25-10-4-2-5-11-25)27(34-32(35-31)29-13-9-19-42-29)23-41-21-18-36-16-6-3-7-17-36/h2,4-5,9-11,13-15,19,22,31H,3,6-8,12,16-18,20-21,23H2,1H3,(H,34,35). The molecule has 1 atom stereocenters. The third-order valence-corrected chi connectivity index (χ3v) is 7.78. The number of benzene rings is 2. The van der Waals surface area contributed by atoms with E-state index in [9.17, 15) is 14.9 Å². The number of esters is 1. The van der Waals surface area contributed by atoms with Crippen molar-refractivity contribution in [3.05, 3.63) is 111 Å². The zero-order valence-corrected chi connectivity index (χ0v) is 24.5. The zero-order chi connectivity index (χ0) is 30.0. The molecule has 1 N–H and O–H groups in total. The fraction of sp³-hybridized carbons (Fsp3) is 0.394. The van der Waals surface area contributed by atoms with Gasteiger partial charge in [-0.1, -0.05) is 48.9 Å². The molecular formula is C33H38N4O6. The summed E-state index contributed by atoms with van der Waals surface area (Å²) in [5.41, 5.74) is 2.92. The lowest BCUT2D eigenvalue weighted by Crippen LogP contribution is -2.36. The maximum Gasteiger partial charge on any atom is 0.338 e. The third-order valence-electron chi connectivity index (χ3n) is 7.78.